The number of para-hydroxylation sites is 1. The second-order valence-corrected chi connectivity index (χ2v) is 5.71. The average molecular weight is 331 g/mol. The van der Waals surface area contributed by atoms with E-state index in [1.54, 1.807) is 16.8 Å². The Morgan fingerprint density at radius 1 is 1.00 bits per heavy atom. The highest BCUT2D eigenvalue weighted by molar-refractivity contribution is 5.93. The van der Waals surface area contributed by atoms with Crippen molar-refractivity contribution in [1.29, 1.82) is 0 Å². The first-order valence-electron chi connectivity index (χ1n) is 8.11. The molecule has 0 aliphatic heterocycles. The largest absolute Gasteiger partial charge is 0.350 e. The first kappa shape index (κ1) is 15.1. The summed E-state index contributed by atoms with van der Waals surface area (Å²) in [6.45, 7) is 0.539. The van der Waals surface area contributed by atoms with E-state index < -0.39 is 0 Å². The second-order valence-electron chi connectivity index (χ2n) is 5.71. The molecule has 0 saturated carbocycles. The van der Waals surface area contributed by atoms with Gasteiger partial charge in [0.05, 0.1) is 23.6 Å². The zero-order valence-electron chi connectivity index (χ0n) is 13.5. The van der Waals surface area contributed by atoms with Gasteiger partial charge in [0.1, 0.15) is 5.69 Å². The van der Waals surface area contributed by atoms with Crippen molar-refractivity contribution in [2.45, 2.75) is 6.42 Å². The Hall–Kier alpha value is -3.41. The van der Waals surface area contributed by atoms with E-state index in [1.165, 1.54) is 0 Å². The summed E-state index contributed by atoms with van der Waals surface area (Å²) < 4.78 is 3.48. The number of aromatic nitrogens is 4. The molecule has 6 heteroatoms. The van der Waals surface area contributed by atoms with E-state index in [2.05, 4.69) is 15.5 Å². The fourth-order valence-electron chi connectivity index (χ4n) is 2.74. The highest BCUT2D eigenvalue weighted by atomic mass is 16.1. The molecule has 1 amide bonds. The quantitative estimate of drug-likeness (QED) is 0.611. The number of carbonyl (C=O) groups is 1. The molecule has 6 nitrogen and oxygen atoms in total. The van der Waals surface area contributed by atoms with Crippen LogP contribution in [0, 0.1) is 0 Å². The molecular formula is C19H17N5O. The van der Waals surface area contributed by atoms with Crippen LogP contribution in [0.1, 0.15) is 16.1 Å². The summed E-state index contributed by atoms with van der Waals surface area (Å²) in [6.07, 6.45) is 6.21. The van der Waals surface area contributed by atoms with Crippen LogP contribution in [0.15, 0.2) is 73.2 Å². The van der Waals surface area contributed by atoms with Crippen LogP contribution in [0.25, 0.3) is 11.2 Å². The fourth-order valence-corrected chi connectivity index (χ4v) is 2.74. The highest BCUT2D eigenvalue weighted by Crippen LogP contribution is 2.08. The smallest absolute Gasteiger partial charge is 0.269 e. The minimum atomic E-state index is -0.134. The summed E-state index contributed by atoms with van der Waals surface area (Å²) in [5.41, 5.74) is 3.52. The molecule has 0 bridgehead atoms. The molecule has 0 fully saturated rings. The monoisotopic (exact) mass is 331 g/mol. The average Bonchev–Trinajstić information content (AvgIpc) is 3.31. The van der Waals surface area contributed by atoms with Crippen molar-refractivity contribution in [1.82, 2.24) is 24.7 Å². The lowest BCUT2D eigenvalue weighted by atomic mass is 10.2. The van der Waals surface area contributed by atoms with Gasteiger partial charge < -0.3 is 5.32 Å². The number of hydrogen-bond acceptors (Lipinski definition) is 3. The molecule has 0 atom stereocenters. The first-order valence-corrected chi connectivity index (χ1v) is 8.11. The van der Waals surface area contributed by atoms with Crippen LogP contribution in [0.2, 0.25) is 0 Å². The van der Waals surface area contributed by atoms with Crippen molar-refractivity contribution < 1.29 is 4.79 Å². The molecule has 0 aliphatic carbocycles. The number of hydrogen-bond donors (Lipinski definition) is 1. The lowest BCUT2D eigenvalue weighted by Crippen LogP contribution is -2.27. The van der Waals surface area contributed by atoms with Crippen LogP contribution in [0.3, 0.4) is 0 Å². The van der Waals surface area contributed by atoms with Gasteiger partial charge in [-0.1, -0.05) is 24.3 Å². The Labute approximate surface area is 144 Å². The van der Waals surface area contributed by atoms with Gasteiger partial charge in [-0.25, -0.2) is 9.20 Å². The van der Waals surface area contributed by atoms with E-state index in [-0.39, 0.29) is 5.91 Å². The van der Waals surface area contributed by atoms with E-state index in [4.69, 9.17) is 0 Å². The fraction of sp³-hybridized carbons (Fsp3) is 0.105. The summed E-state index contributed by atoms with van der Waals surface area (Å²) in [5, 5.41) is 11.5. The molecule has 4 aromatic rings. The second kappa shape index (κ2) is 6.60. The van der Waals surface area contributed by atoms with Gasteiger partial charge in [0, 0.05) is 12.7 Å². The molecule has 3 heterocycles. The first-order chi connectivity index (χ1) is 12.3. The van der Waals surface area contributed by atoms with Crippen molar-refractivity contribution in [3.63, 3.8) is 0 Å². The van der Waals surface area contributed by atoms with Gasteiger partial charge in [0.25, 0.3) is 5.91 Å². The SMILES string of the molecule is O=C(NCCc1cnn(-c2ccccc2)c1)c1cccc2ccnn12. The third-order valence-electron chi connectivity index (χ3n) is 4.01. The number of fused-ring (bicyclic) bond motifs is 1. The molecule has 0 unspecified atom stereocenters. The van der Waals surface area contributed by atoms with Crippen LogP contribution in [0.4, 0.5) is 0 Å². The predicted molar refractivity (Wildman–Crippen MR) is 94.8 cm³/mol. The number of amides is 1. The van der Waals surface area contributed by atoms with Crippen LogP contribution in [-0.2, 0) is 6.42 Å². The van der Waals surface area contributed by atoms with E-state index in [0.717, 1.165) is 16.8 Å². The highest BCUT2D eigenvalue weighted by Gasteiger charge is 2.10. The number of pyridine rings is 1. The van der Waals surface area contributed by atoms with Crippen molar-refractivity contribution in [2.24, 2.45) is 0 Å². The Morgan fingerprint density at radius 3 is 2.76 bits per heavy atom. The molecule has 3 aromatic heterocycles. The summed E-state index contributed by atoms with van der Waals surface area (Å²) >= 11 is 0. The zero-order valence-corrected chi connectivity index (χ0v) is 13.5. The van der Waals surface area contributed by atoms with Gasteiger partial charge in [-0.3, -0.25) is 4.79 Å². The lowest BCUT2D eigenvalue weighted by Gasteiger charge is -2.06. The molecule has 25 heavy (non-hydrogen) atoms. The molecule has 1 N–H and O–H groups in total. The van der Waals surface area contributed by atoms with Gasteiger partial charge in [0.2, 0.25) is 0 Å². The molecule has 124 valence electrons. The van der Waals surface area contributed by atoms with Crippen molar-refractivity contribution in [3.05, 3.63) is 84.4 Å². The molecule has 1 aromatic carbocycles. The van der Waals surface area contributed by atoms with E-state index in [0.29, 0.717) is 18.7 Å². The Morgan fingerprint density at radius 2 is 1.88 bits per heavy atom. The standard InChI is InChI=1S/C19H17N5O/c25-19(18-8-4-7-17-10-12-21-24(17)18)20-11-9-15-13-22-23(14-15)16-5-2-1-3-6-16/h1-8,10,12-14H,9,11H2,(H,20,25). The van der Waals surface area contributed by atoms with Crippen LogP contribution < -0.4 is 5.32 Å². The van der Waals surface area contributed by atoms with Crippen molar-refractivity contribution >= 4 is 11.4 Å². The third kappa shape index (κ3) is 3.14. The summed E-state index contributed by atoms with van der Waals surface area (Å²) in [6, 6.07) is 17.4. The van der Waals surface area contributed by atoms with E-state index in [9.17, 15) is 4.79 Å². The van der Waals surface area contributed by atoms with Crippen molar-refractivity contribution in [2.75, 3.05) is 6.54 Å². The lowest BCUT2D eigenvalue weighted by molar-refractivity contribution is 0.0946. The normalized spacial score (nSPS) is 10.9. The summed E-state index contributed by atoms with van der Waals surface area (Å²) in [5.74, 6) is -0.134. The zero-order chi connectivity index (χ0) is 17.1. The summed E-state index contributed by atoms with van der Waals surface area (Å²) in [7, 11) is 0. The number of nitrogens with one attached hydrogen (secondary N) is 1. The number of nitrogens with zero attached hydrogens (tertiary/aromatic N) is 4. The van der Waals surface area contributed by atoms with Crippen LogP contribution in [0.5, 0.6) is 0 Å². The molecule has 4 rings (SSSR count). The van der Waals surface area contributed by atoms with Gasteiger partial charge >= 0.3 is 0 Å². The topological polar surface area (TPSA) is 64.2 Å². The van der Waals surface area contributed by atoms with Crippen LogP contribution >= 0.6 is 0 Å². The summed E-state index contributed by atoms with van der Waals surface area (Å²) in [4.78, 5) is 12.4. The maximum absolute atomic E-state index is 12.4. The third-order valence-corrected chi connectivity index (χ3v) is 4.01. The predicted octanol–water partition coefficient (Wildman–Crippen LogP) is 2.49. The van der Waals surface area contributed by atoms with Gasteiger partial charge in [0.15, 0.2) is 0 Å². The Kier molecular flexibility index (Phi) is 4.00. The maximum atomic E-state index is 12.4. The molecule has 0 radical (unpaired) electrons. The van der Waals surface area contributed by atoms with Gasteiger partial charge in [-0.05, 0) is 42.3 Å². The molecular weight excluding hydrogens is 314 g/mol. The van der Waals surface area contributed by atoms with Gasteiger partial charge in [-0.2, -0.15) is 10.2 Å². The van der Waals surface area contributed by atoms with Crippen molar-refractivity contribution in [3.8, 4) is 5.69 Å². The van der Waals surface area contributed by atoms with E-state index >= 15 is 0 Å². The number of carbonyl (C=O) groups excluding carboxylic acids is 1. The number of benzene rings is 1. The molecule has 0 spiro atoms. The minimum absolute atomic E-state index is 0.134. The van der Waals surface area contributed by atoms with Gasteiger partial charge in [-0.15, -0.1) is 0 Å². The van der Waals surface area contributed by atoms with E-state index in [1.807, 2.05) is 65.6 Å². The Balaban J connectivity index is 1.39. The minimum Gasteiger partial charge on any atom is -0.350 e. The molecule has 0 aliphatic rings. The van der Waals surface area contributed by atoms with Crippen LogP contribution in [-0.4, -0.2) is 31.8 Å². The maximum Gasteiger partial charge on any atom is 0.269 e. The Bertz CT molecular complexity index is 1000. The number of rotatable bonds is 5. The molecule has 0 saturated heterocycles.